The number of hydrogen-bond donors (Lipinski definition) is 1. The SMILES string of the molecule is CC(CCN(C)C)C(=O)Nc1ccc(F)cc1F. The fourth-order valence-corrected chi connectivity index (χ4v) is 1.43. The van der Waals surface area contributed by atoms with Gasteiger partial charge in [-0.05, 0) is 39.2 Å². The van der Waals surface area contributed by atoms with Crippen LogP contribution in [0.5, 0.6) is 0 Å². The summed E-state index contributed by atoms with van der Waals surface area (Å²) in [5, 5.41) is 2.46. The molecule has 0 aliphatic rings. The molecule has 5 heteroatoms. The van der Waals surface area contributed by atoms with E-state index < -0.39 is 11.6 Å². The molecule has 0 aliphatic carbocycles. The highest BCUT2D eigenvalue weighted by Crippen LogP contribution is 2.16. The molecule has 0 saturated heterocycles. The lowest BCUT2D eigenvalue weighted by Crippen LogP contribution is -2.25. The van der Waals surface area contributed by atoms with E-state index in [-0.39, 0.29) is 17.5 Å². The van der Waals surface area contributed by atoms with E-state index in [2.05, 4.69) is 5.32 Å². The predicted molar refractivity (Wildman–Crippen MR) is 67.3 cm³/mol. The fraction of sp³-hybridized carbons (Fsp3) is 0.462. The third kappa shape index (κ3) is 4.41. The molecule has 1 rings (SSSR count). The van der Waals surface area contributed by atoms with Crippen molar-refractivity contribution in [2.24, 2.45) is 5.92 Å². The summed E-state index contributed by atoms with van der Waals surface area (Å²) < 4.78 is 26.0. The summed E-state index contributed by atoms with van der Waals surface area (Å²) in [5.74, 6) is -1.91. The maximum absolute atomic E-state index is 13.3. The van der Waals surface area contributed by atoms with Crippen molar-refractivity contribution in [3.8, 4) is 0 Å². The summed E-state index contributed by atoms with van der Waals surface area (Å²) in [5.41, 5.74) is 0.0121. The molecule has 0 radical (unpaired) electrons. The first-order valence-electron chi connectivity index (χ1n) is 5.81. The largest absolute Gasteiger partial charge is 0.323 e. The summed E-state index contributed by atoms with van der Waals surface area (Å²) in [7, 11) is 3.84. The number of hydrogen-bond acceptors (Lipinski definition) is 2. The normalized spacial score (nSPS) is 12.6. The Kier molecular flexibility index (Phi) is 5.22. The van der Waals surface area contributed by atoms with Crippen molar-refractivity contribution in [1.82, 2.24) is 4.90 Å². The van der Waals surface area contributed by atoms with Crippen LogP contribution in [0, 0.1) is 17.6 Å². The van der Waals surface area contributed by atoms with Gasteiger partial charge in [0.05, 0.1) is 5.69 Å². The monoisotopic (exact) mass is 256 g/mol. The number of carbonyl (C=O) groups is 1. The molecule has 3 nitrogen and oxygen atoms in total. The minimum Gasteiger partial charge on any atom is -0.323 e. The van der Waals surface area contributed by atoms with Gasteiger partial charge in [-0.3, -0.25) is 4.79 Å². The summed E-state index contributed by atoms with van der Waals surface area (Å²) >= 11 is 0. The molecule has 18 heavy (non-hydrogen) atoms. The molecule has 1 aromatic carbocycles. The Bertz CT molecular complexity index is 421. The molecule has 1 aromatic rings. The van der Waals surface area contributed by atoms with Crippen molar-refractivity contribution in [2.75, 3.05) is 26.0 Å². The number of anilines is 1. The van der Waals surface area contributed by atoms with Crippen LogP contribution in [0.4, 0.5) is 14.5 Å². The number of rotatable bonds is 5. The number of carbonyl (C=O) groups excluding carboxylic acids is 1. The smallest absolute Gasteiger partial charge is 0.227 e. The first-order chi connectivity index (χ1) is 8.40. The highest BCUT2D eigenvalue weighted by Gasteiger charge is 2.15. The summed E-state index contributed by atoms with van der Waals surface area (Å²) in [4.78, 5) is 13.7. The number of halogens is 2. The van der Waals surface area contributed by atoms with E-state index in [1.807, 2.05) is 19.0 Å². The van der Waals surface area contributed by atoms with Crippen LogP contribution < -0.4 is 5.32 Å². The van der Waals surface area contributed by atoms with Gasteiger partial charge in [0.25, 0.3) is 0 Å². The van der Waals surface area contributed by atoms with Crippen LogP contribution in [0.2, 0.25) is 0 Å². The van der Waals surface area contributed by atoms with Crippen molar-refractivity contribution >= 4 is 11.6 Å². The predicted octanol–water partition coefficient (Wildman–Crippen LogP) is 2.49. The van der Waals surface area contributed by atoms with Crippen LogP contribution >= 0.6 is 0 Å². The van der Waals surface area contributed by atoms with Crippen LogP contribution in [-0.4, -0.2) is 31.4 Å². The van der Waals surface area contributed by atoms with Crippen molar-refractivity contribution in [1.29, 1.82) is 0 Å². The van der Waals surface area contributed by atoms with Crippen LogP contribution in [0.25, 0.3) is 0 Å². The Morgan fingerprint density at radius 2 is 2.06 bits per heavy atom. The maximum Gasteiger partial charge on any atom is 0.227 e. The maximum atomic E-state index is 13.3. The van der Waals surface area contributed by atoms with Gasteiger partial charge in [-0.1, -0.05) is 6.92 Å². The first kappa shape index (κ1) is 14.6. The zero-order valence-electron chi connectivity index (χ0n) is 10.8. The van der Waals surface area contributed by atoms with Crippen molar-refractivity contribution in [2.45, 2.75) is 13.3 Å². The molecule has 0 bridgehead atoms. The van der Waals surface area contributed by atoms with Gasteiger partial charge in [-0.2, -0.15) is 0 Å². The van der Waals surface area contributed by atoms with Crippen LogP contribution in [-0.2, 0) is 4.79 Å². The molecule has 1 atom stereocenters. The number of nitrogens with zero attached hydrogens (tertiary/aromatic N) is 1. The minimum absolute atomic E-state index is 0.0121. The van der Waals surface area contributed by atoms with Gasteiger partial charge in [0, 0.05) is 12.0 Å². The van der Waals surface area contributed by atoms with Gasteiger partial charge in [-0.15, -0.1) is 0 Å². The van der Waals surface area contributed by atoms with Gasteiger partial charge >= 0.3 is 0 Å². The number of nitrogens with one attached hydrogen (secondary N) is 1. The fourth-order valence-electron chi connectivity index (χ4n) is 1.43. The van der Waals surface area contributed by atoms with Crippen molar-refractivity contribution in [3.63, 3.8) is 0 Å². The van der Waals surface area contributed by atoms with E-state index in [1.54, 1.807) is 6.92 Å². The third-order valence-corrected chi connectivity index (χ3v) is 2.65. The van der Waals surface area contributed by atoms with Crippen LogP contribution in [0.15, 0.2) is 18.2 Å². The lowest BCUT2D eigenvalue weighted by molar-refractivity contribution is -0.119. The van der Waals surface area contributed by atoms with E-state index >= 15 is 0 Å². The highest BCUT2D eigenvalue weighted by atomic mass is 19.1. The topological polar surface area (TPSA) is 32.3 Å². The molecule has 0 aliphatic heterocycles. The molecule has 1 unspecified atom stereocenters. The van der Waals surface area contributed by atoms with Crippen LogP contribution in [0.1, 0.15) is 13.3 Å². The quantitative estimate of drug-likeness (QED) is 0.877. The van der Waals surface area contributed by atoms with Gasteiger partial charge in [0.2, 0.25) is 5.91 Å². The Hall–Kier alpha value is -1.49. The average molecular weight is 256 g/mol. The minimum atomic E-state index is -0.761. The Balaban J connectivity index is 2.58. The zero-order valence-corrected chi connectivity index (χ0v) is 10.8. The molecular formula is C13H18F2N2O. The molecule has 0 heterocycles. The molecule has 1 N–H and O–H groups in total. The van der Waals surface area contributed by atoms with E-state index in [0.717, 1.165) is 18.7 Å². The van der Waals surface area contributed by atoms with Gasteiger partial charge in [-0.25, -0.2) is 8.78 Å². The molecule has 0 spiro atoms. The number of benzene rings is 1. The van der Waals surface area contributed by atoms with Gasteiger partial charge in [0.15, 0.2) is 0 Å². The standard InChI is InChI=1S/C13H18F2N2O/c1-9(6-7-17(2)3)13(18)16-12-5-4-10(14)8-11(12)15/h4-5,8-9H,6-7H2,1-3H3,(H,16,18). The summed E-state index contributed by atoms with van der Waals surface area (Å²) in [6.07, 6.45) is 0.682. The Morgan fingerprint density at radius 3 is 2.61 bits per heavy atom. The second-order valence-corrected chi connectivity index (χ2v) is 4.61. The first-order valence-corrected chi connectivity index (χ1v) is 5.81. The van der Waals surface area contributed by atoms with Crippen molar-refractivity contribution < 1.29 is 13.6 Å². The second kappa shape index (κ2) is 6.44. The lowest BCUT2D eigenvalue weighted by atomic mass is 10.1. The third-order valence-electron chi connectivity index (χ3n) is 2.65. The molecule has 0 saturated carbocycles. The Labute approximate surface area is 106 Å². The van der Waals surface area contributed by atoms with E-state index in [1.165, 1.54) is 6.07 Å². The average Bonchev–Trinajstić information content (AvgIpc) is 2.29. The van der Waals surface area contributed by atoms with E-state index in [9.17, 15) is 13.6 Å². The van der Waals surface area contributed by atoms with E-state index in [4.69, 9.17) is 0 Å². The second-order valence-electron chi connectivity index (χ2n) is 4.61. The van der Waals surface area contributed by atoms with E-state index in [0.29, 0.717) is 6.42 Å². The lowest BCUT2D eigenvalue weighted by Gasteiger charge is -2.15. The van der Waals surface area contributed by atoms with Gasteiger partial charge in [0.1, 0.15) is 11.6 Å². The molecule has 1 amide bonds. The number of amides is 1. The summed E-state index contributed by atoms with van der Waals surface area (Å²) in [6, 6.07) is 3.09. The zero-order chi connectivity index (χ0) is 13.7. The van der Waals surface area contributed by atoms with Gasteiger partial charge < -0.3 is 10.2 Å². The molecular weight excluding hydrogens is 238 g/mol. The Morgan fingerprint density at radius 1 is 1.39 bits per heavy atom. The molecule has 100 valence electrons. The molecule has 0 fully saturated rings. The van der Waals surface area contributed by atoms with Crippen LogP contribution in [0.3, 0.4) is 0 Å². The summed E-state index contributed by atoms with van der Waals surface area (Å²) in [6.45, 7) is 2.56. The molecule has 0 aromatic heterocycles. The van der Waals surface area contributed by atoms with Crippen molar-refractivity contribution in [3.05, 3.63) is 29.8 Å². The highest BCUT2D eigenvalue weighted by molar-refractivity contribution is 5.92.